The van der Waals surface area contributed by atoms with Crippen LogP contribution in [0.3, 0.4) is 0 Å². The largest absolute Gasteiger partial charge is 0.324 e. The van der Waals surface area contributed by atoms with E-state index in [9.17, 15) is 4.79 Å². The van der Waals surface area contributed by atoms with Crippen molar-refractivity contribution >= 4 is 11.6 Å². The van der Waals surface area contributed by atoms with Gasteiger partial charge in [-0.3, -0.25) is 4.79 Å². The SMILES string of the molecule is Cc1cc(C)c(C)c(NC(=O)CNC(C)C)c1C. The Morgan fingerprint density at radius 2 is 1.61 bits per heavy atom. The fraction of sp³-hybridized carbons (Fsp3) is 0.533. The summed E-state index contributed by atoms with van der Waals surface area (Å²) in [7, 11) is 0. The molecule has 0 unspecified atom stereocenters. The molecule has 1 aromatic rings. The number of rotatable bonds is 4. The standard InChI is InChI=1S/C15H24N2O/c1-9(2)16-8-14(18)17-15-12(5)10(3)7-11(4)13(15)6/h7,9,16H,8H2,1-6H3,(H,17,18). The van der Waals surface area contributed by atoms with E-state index in [4.69, 9.17) is 0 Å². The van der Waals surface area contributed by atoms with Gasteiger partial charge in [0.05, 0.1) is 6.54 Å². The first kappa shape index (κ1) is 14.7. The first-order chi connectivity index (χ1) is 8.32. The molecule has 2 N–H and O–H groups in total. The van der Waals surface area contributed by atoms with Crippen LogP contribution in [0.2, 0.25) is 0 Å². The topological polar surface area (TPSA) is 41.1 Å². The third-order valence-electron chi connectivity index (χ3n) is 3.30. The van der Waals surface area contributed by atoms with Gasteiger partial charge >= 0.3 is 0 Å². The van der Waals surface area contributed by atoms with Gasteiger partial charge in [0, 0.05) is 11.7 Å². The van der Waals surface area contributed by atoms with Crippen molar-refractivity contribution in [1.82, 2.24) is 5.32 Å². The lowest BCUT2D eigenvalue weighted by Gasteiger charge is -2.16. The van der Waals surface area contributed by atoms with Crippen LogP contribution in [0.1, 0.15) is 36.1 Å². The average Bonchev–Trinajstić information content (AvgIpc) is 2.29. The summed E-state index contributed by atoms with van der Waals surface area (Å²) >= 11 is 0. The smallest absolute Gasteiger partial charge is 0.238 e. The lowest BCUT2D eigenvalue weighted by Crippen LogP contribution is -2.33. The summed E-state index contributed by atoms with van der Waals surface area (Å²) < 4.78 is 0. The van der Waals surface area contributed by atoms with Crippen molar-refractivity contribution in [3.8, 4) is 0 Å². The zero-order chi connectivity index (χ0) is 13.9. The predicted octanol–water partition coefficient (Wildman–Crippen LogP) is 2.86. The molecule has 1 amide bonds. The van der Waals surface area contributed by atoms with Gasteiger partial charge in [-0.2, -0.15) is 0 Å². The van der Waals surface area contributed by atoms with Crippen molar-refractivity contribution in [2.24, 2.45) is 0 Å². The number of anilines is 1. The minimum absolute atomic E-state index is 0.0138. The van der Waals surface area contributed by atoms with Crippen molar-refractivity contribution in [2.75, 3.05) is 11.9 Å². The van der Waals surface area contributed by atoms with E-state index in [1.807, 2.05) is 27.7 Å². The molecule has 1 rings (SSSR count). The summed E-state index contributed by atoms with van der Waals surface area (Å²) in [5.41, 5.74) is 5.69. The quantitative estimate of drug-likeness (QED) is 0.860. The highest BCUT2D eigenvalue weighted by Gasteiger charge is 2.11. The Kier molecular flexibility index (Phi) is 4.91. The number of carbonyl (C=O) groups excluding carboxylic acids is 1. The Hall–Kier alpha value is -1.35. The van der Waals surface area contributed by atoms with Gasteiger partial charge in [-0.1, -0.05) is 19.9 Å². The normalized spacial score (nSPS) is 10.8. The highest BCUT2D eigenvalue weighted by Crippen LogP contribution is 2.26. The molecule has 100 valence electrons. The van der Waals surface area contributed by atoms with Crippen LogP contribution in [-0.4, -0.2) is 18.5 Å². The molecule has 0 spiro atoms. The zero-order valence-corrected chi connectivity index (χ0v) is 12.3. The van der Waals surface area contributed by atoms with Crippen LogP contribution in [-0.2, 0) is 4.79 Å². The van der Waals surface area contributed by atoms with Gasteiger partial charge in [-0.25, -0.2) is 0 Å². The zero-order valence-electron chi connectivity index (χ0n) is 12.3. The Labute approximate surface area is 110 Å². The first-order valence-corrected chi connectivity index (χ1v) is 6.43. The number of carbonyl (C=O) groups is 1. The van der Waals surface area contributed by atoms with Crippen LogP contribution >= 0.6 is 0 Å². The van der Waals surface area contributed by atoms with Crippen molar-refractivity contribution < 1.29 is 4.79 Å². The molecule has 0 aliphatic carbocycles. The molecule has 0 aliphatic rings. The molecule has 0 saturated carbocycles. The van der Waals surface area contributed by atoms with E-state index in [-0.39, 0.29) is 5.91 Å². The fourth-order valence-electron chi connectivity index (χ4n) is 1.88. The second-order valence-corrected chi connectivity index (χ2v) is 5.22. The van der Waals surface area contributed by atoms with Gasteiger partial charge in [0.25, 0.3) is 0 Å². The van der Waals surface area contributed by atoms with Gasteiger partial charge < -0.3 is 10.6 Å². The molecule has 0 aliphatic heterocycles. The molecule has 3 heteroatoms. The Balaban J connectivity index is 2.87. The minimum atomic E-state index is 0.0138. The van der Waals surface area contributed by atoms with Gasteiger partial charge in [-0.15, -0.1) is 0 Å². The number of amides is 1. The van der Waals surface area contributed by atoms with Crippen LogP contribution in [0.4, 0.5) is 5.69 Å². The lowest BCUT2D eigenvalue weighted by atomic mass is 9.98. The molecular weight excluding hydrogens is 224 g/mol. The maximum Gasteiger partial charge on any atom is 0.238 e. The third kappa shape index (κ3) is 3.57. The average molecular weight is 248 g/mol. The first-order valence-electron chi connectivity index (χ1n) is 6.43. The maximum atomic E-state index is 11.9. The molecule has 1 aromatic carbocycles. The van der Waals surface area contributed by atoms with Crippen LogP contribution < -0.4 is 10.6 Å². The molecule has 0 radical (unpaired) electrons. The van der Waals surface area contributed by atoms with Crippen LogP contribution in [0.5, 0.6) is 0 Å². The highest BCUT2D eigenvalue weighted by atomic mass is 16.1. The van der Waals surface area contributed by atoms with E-state index >= 15 is 0 Å². The number of aryl methyl sites for hydroxylation is 2. The molecule has 0 saturated heterocycles. The lowest BCUT2D eigenvalue weighted by molar-refractivity contribution is -0.115. The predicted molar refractivity (Wildman–Crippen MR) is 77.2 cm³/mol. The Morgan fingerprint density at radius 3 is 2.06 bits per heavy atom. The molecule has 18 heavy (non-hydrogen) atoms. The number of hydrogen-bond acceptors (Lipinski definition) is 2. The summed E-state index contributed by atoms with van der Waals surface area (Å²) in [6, 6.07) is 2.48. The summed E-state index contributed by atoms with van der Waals surface area (Å²) in [5, 5.41) is 6.14. The van der Waals surface area contributed by atoms with Crippen LogP contribution in [0.15, 0.2) is 6.07 Å². The molecule has 0 atom stereocenters. The Bertz CT molecular complexity index is 424. The summed E-state index contributed by atoms with van der Waals surface area (Å²) in [6.07, 6.45) is 0. The molecule has 3 nitrogen and oxygen atoms in total. The van der Waals surface area contributed by atoms with E-state index in [2.05, 4.69) is 30.5 Å². The number of nitrogens with one attached hydrogen (secondary N) is 2. The molecular formula is C15H24N2O. The van der Waals surface area contributed by atoms with Gasteiger partial charge in [0.1, 0.15) is 0 Å². The third-order valence-corrected chi connectivity index (χ3v) is 3.30. The van der Waals surface area contributed by atoms with Crippen molar-refractivity contribution in [2.45, 2.75) is 47.6 Å². The van der Waals surface area contributed by atoms with Crippen LogP contribution in [0.25, 0.3) is 0 Å². The fourth-order valence-corrected chi connectivity index (χ4v) is 1.88. The maximum absolute atomic E-state index is 11.9. The number of hydrogen-bond donors (Lipinski definition) is 2. The van der Waals surface area contributed by atoms with Gasteiger partial charge in [-0.05, 0) is 49.9 Å². The van der Waals surface area contributed by atoms with E-state index in [1.54, 1.807) is 0 Å². The molecule has 0 heterocycles. The molecule has 0 bridgehead atoms. The van der Waals surface area contributed by atoms with E-state index in [0.717, 1.165) is 16.8 Å². The second kappa shape index (κ2) is 6.01. The van der Waals surface area contributed by atoms with Crippen molar-refractivity contribution in [1.29, 1.82) is 0 Å². The second-order valence-electron chi connectivity index (χ2n) is 5.22. The minimum Gasteiger partial charge on any atom is -0.324 e. The Morgan fingerprint density at radius 1 is 1.11 bits per heavy atom. The van der Waals surface area contributed by atoms with Gasteiger partial charge in [0.2, 0.25) is 5.91 Å². The summed E-state index contributed by atoms with van der Waals surface area (Å²) in [6.45, 7) is 12.7. The molecule has 0 fully saturated rings. The summed E-state index contributed by atoms with van der Waals surface area (Å²) in [5.74, 6) is 0.0138. The number of benzene rings is 1. The van der Waals surface area contributed by atoms with Gasteiger partial charge in [0.15, 0.2) is 0 Å². The van der Waals surface area contributed by atoms with E-state index in [1.165, 1.54) is 11.1 Å². The highest BCUT2D eigenvalue weighted by molar-refractivity contribution is 5.94. The van der Waals surface area contributed by atoms with Crippen molar-refractivity contribution in [3.63, 3.8) is 0 Å². The van der Waals surface area contributed by atoms with Crippen molar-refractivity contribution in [3.05, 3.63) is 28.3 Å². The van der Waals surface area contributed by atoms with Crippen LogP contribution in [0, 0.1) is 27.7 Å². The van der Waals surface area contributed by atoms with E-state index < -0.39 is 0 Å². The summed E-state index contributed by atoms with van der Waals surface area (Å²) in [4.78, 5) is 11.9. The van der Waals surface area contributed by atoms with E-state index in [0.29, 0.717) is 12.6 Å². The molecule has 0 aromatic heterocycles. The monoisotopic (exact) mass is 248 g/mol.